The van der Waals surface area contributed by atoms with Gasteiger partial charge < -0.3 is 5.32 Å². The number of halogens is 1. The van der Waals surface area contributed by atoms with Crippen molar-refractivity contribution >= 4 is 17.1 Å². The van der Waals surface area contributed by atoms with E-state index in [1.807, 2.05) is 6.07 Å². The standard InChI is InChI=1S/C15H9FN4O/c16-11-4-5-13(10(7-11)8-17)19-15(21)12-9-18-20-6-2-1-3-14(12)20/h1-7,9H,(H,19,21). The van der Waals surface area contributed by atoms with E-state index in [-0.39, 0.29) is 11.3 Å². The molecular weight excluding hydrogens is 271 g/mol. The fourth-order valence-corrected chi connectivity index (χ4v) is 2.02. The summed E-state index contributed by atoms with van der Waals surface area (Å²) in [5.41, 5.74) is 1.36. The fourth-order valence-electron chi connectivity index (χ4n) is 2.02. The summed E-state index contributed by atoms with van der Waals surface area (Å²) in [4.78, 5) is 12.3. The van der Waals surface area contributed by atoms with Gasteiger partial charge in [-0.1, -0.05) is 6.07 Å². The molecule has 0 aliphatic carbocycles. The maximum atomic E-state index is 13.1. The summed E-state index contributed by atoms with van der Waals surface area (Å²) in [5.74, 6) is -0.931. The van der Waals surface area contributed by atoms with Crippen LogP contribution in [0.4, 0.5) is 10.1 Å². The monoisotopic (exact) mass is 280 g/mol. The minimum absolute atomic E-state index is 0.0693. The van der Waals surface area contributed by atoms with Gasteiger partial charge >= 0.3 is 0 Å². The topological polar surface area (TPSA) is 70.2 Å². The van der Waals surface area contributed by atoms with Crippen molar-refractivity contribution in [2.45, 2.75) is 0 Å². The first-order chi connectivity index (χ1) is 10.2. The van der Waals surface area contributed by atoms with Crippen molar-refractivity contribution in [1.82, 2.24) is 9.61 Å². The third kappa shape index (κ3) is 2.32. The van der Waals surface area contributed by atoms with Gasteiger partial charge in [-0.2, -0.15) is 10.4 Å². The molecule has 1 amide bonds. The first kappa shape index (κ1) is 12.8. The number of anilines is 1. The highest BCUT2D eigenvalue weighted by molar-refractivity contribution is 6.09. The molecule has 6 heteroatoms. The Bertz CT molecular complexity index is 879. The summed E-state index contributed by atoms with van der Waals surface area (Å²) >= 11 is 0. The highest BCUT2D eigenvalue weighted by Gasteiger charge is 2.14. The van der Waals surface area contributed by atoms with Crippen LogP contribution in [0.1, 0.15) is 15.9 Å². The van der Waals surface area contributed by atoms with E-state index in [1.54, 1.807) is 28.9 Å². The predicted molar refractivity (Wildman–Crippen MR) is 74.3 cm³/mol. The highest BCUT2D eigenvalue weighted by Crippen LogP contribution is 2.18. The molecule has 0 radical (unpaired) electrons. The molecular formula is C15H9FN4O. The van der Waals surface area contributed by atoms with Crippen LogP contribution < -0.4 is 5.32 Å². The van der Waals surface area contributed by atoms with Gasteiger partial charge in [0.05, 0.1) is 28.5 Å². The number of benzene rings is 1. The van der Waals surface area contributed by atoms with E-state index in [0.717, 1.165) is 6.07 Å². The zero-order valence-electron chi connectivity index (χ0n) is 10.7. The Hall–Kier alpha value is -3.20. The van der Waals surface area contributed by atoms with Crippen LogP contribution in [0.15, 0.2) is 48.8 Å². The molecule has 1 aromatic carbocycles. The summed E-state index contributed by atoms with van der Waals surface area (Å²) in [6, 6.07) is 10.8. The number of carbonyl (C=O) groups is 1. The lowest BCUT2D eigenvalue weighted by Crippen LogP contribution is -2.12. The summed E-state index contributed by atoms with van der Waals surface area (Å²) in [5, 5.41) is 15.6. The average molecular weight is 280 g/mol. The molecule has 0 spiro atoms. The minimum atomic E-state index is -0.527. The van der Waals surface area contributed by atoms with Crippen LogP contribution in [0.3, 0.4) is 0 Å². The summed E-state index contributed by atoms with van der Waals surface area (Å²) in [6.07, 6.45) is 3.17. The van der Waals surface area contributed by atoms with E-state index in [2.05, 4.69) is 10.4 Å². The van der Waals surface area contributed by atoms with Crippen LogP contribution in [0.5, 0.6) is 0 Å². The minimum Gasteiger partial charge on any atom is -0.321 e. The SMILES string of the molecule is N#Cc1cc(F)ccc1NC(=O)c1cnn2ccccc12. The number of nitrogens with zero attached hydrogens (tertiary/aromatic N) is 3. The van der Waals surface area contributed by atoms with Gasteiger partial charge in [-0.05, 0) is 30.3 Å². The lowest BCUT2D eigenvalue weighted by molar-refractivity contribution is 0.102. The number of hydrogen-bond acceptors (Lipinski definition) is 3. The van der Waals surface area contributed by atoms with E-state index in [9.17, 15) is 9.18 Å². The first-order valence-corrected chi connectivity index (χ1v) is 6.12. The number of carbonyl (C=O) groups excluding carboxylic acids is 1. The van der Waals surface area contributed by atoms with E-state index in [4.69, 9.17) is 5.26 Å². The van der Waals surface area contributed by atoms with Crippen LogP contribution in [-0.4, -0.2) is 15.5 Å². The first-order valence-electron chi connectivity index (χ1n) is 6.12. The zero-order chi connectivity index (χ0) is 14.8. The van der Waals surface area contributed by atoms with Crippen molar-refractivity contribution in [2.75, 3.05) is 5.32 Å². The molecule has 21 heavy (non-hydrogen) atoms. The molecule has 0 bridgehead atoms. The lowest BCUT2D eigenvalue weighted by atomic mass is 10.1. The van der Waals surface area contributed by atoms with Crippen LogP contribution in [0, 0.1) is 17.1 Å². The Kier molecular flexibility index (Phi) is 3.09. The molecule has 102 valence electrons. The lowest BCUT2D eigenvalue weighted by Gasteiger charge is -2.06. The molecule has 0 unspecified atom stereocenters. The van der Waals surface area contributed by atoms with Crippen LogP contribution >= 0.6 is 0 Å². The van der Waals surface area contributed by atoms with Gasteiger partial charge in [-0.15, -0.1) is 0 Å². The van der Waals surface area contributed by atoms with E-state index in [1.165, 1.54) is 18.3 Å². The van der Waals surface area contributed by atoms with Gasteiger partial charge in [0.15, 0.2) is 0 Å². The molecule has 0 aliphatic rings. The molecule has 0 atom stereocenters. The number of hydrogen-bond donors (Lipinski definition) is 1. The van der Waals surface area contributed by atoms with Gasteiger partial charge in [0.1, 0.15) is 11.9 Å². The van der Waals surface area contributed by atoms with Crippen molar-refractivity contribution in [3.05, 3.63) is 65.7 Å². The molecule has 2 aromatic heterocycles. The average Bonchev–Trinajstić information content (AvgIpc) is 2.93. The number of amides is 1. The van der Waals surface area contributed by atoms with Crippen molar-refractivity contribution in [3.63, 3.8) is 0 Å². The quantitative estimate of drug-likeness (QED) is 0.784. The number of nitrogens with one attached hydrogen (secondary N) is 1. The van der Waals surface area contributed by atoms with Crippen molar-refractivity contribution in [1.29, 1.82) is 5.26 Å². The number of aromatic nitrogens is 2. The zero-order valence-corrected chi connectivity index (χ0v) is 10.7. The summed E-state index contributed by atoms with van der Waals surface area (Å²) < 4.78 is 14.7. The van der Waals surface area contributed by atoms with E-state index >= 15 is 0 Å². The molecule has 0 aliphatic heterocycles. The van der Waals surface area contributed by atoms with E-state index in [0.29, 0.717) is 11.1 Å². The molecule has 3 aromatic rings. The third-order valence-corrected chi connectivity index (χ3v) is 3.02. The van der Waals surface area contributed by atoms with Crippen molar-refractivity contribution in [2.24, 2.45) is 0 Å². The Morgan fingerprint density at radius 1 is 1.33 bits per heavy atom. The van der Waals surface area contributed by atoms with Gasteiger partial charge in [0.25, 0.3) is 5.91 Å². The van der Waals surface area contributed by atoms with Crippen molar-refractivity contribution < 1.29 is 9.18 Å². The normalized spacial score (nSPS) is 10.3. The number of rotatable bonds is 2. The smallest absolute Gasteiger partial charge is 0.259 e. The molecule has 0 saturated heterocycles. The highest BCUT2D eigenvalue weighted by atomic mass is 19.1. The summed E-state index contributed by atoms with van der Waals surface area (Å²) in [6.45, 7) is 0. The second-order valence-electron chi connectivity index (χ2n) is 4.34. The van der Waals surface area contributed by atoms with Gasteiger partial charge in [0.2, 0.25) is 0 Å². The van der Waals surface area contributed by atoms with Crippen LogP contribution in [0.25, 0.3) is 5.52 Å². The maximum Gasteiger partial charge on any atom is 0.259 e. The van der Waals surface area contributed by atoms with Gasteiger partial charge in [-0.25, -0.2) is 8.91 Å². The number of nitriles is 1. The van der Waals surface area contributed by atoms with Gasteiger partial charge in [-0.3, -0.25) is 4.79 Å². The molecule has 1 N–H and O–H groups in total. The fraction of sp³-hybridized carbons (Fsp3) is 0. The van der Waals surface area contributed by atoms with E-state index < -0.39 is 11.7 Å². The molecule has 0 fully saturated rings. The third-order valence-electron chi connectivity index (χ3n) is 3.02. The molecule has 3 rings (SSSR count). The molecule has 0 saturated carbocycles. The Morgan fingerprint density at radius 3 is 3.00 bits per heavy atom. The Morgan fingerprint density at radius 2 is 2.19 bits per heavy atom. The molecule has 5 nitrogen and oxygen atoms in total. The largest absolute Gasteiger partial charge is 0.321 e. The molecule has 2 heterocycles. The number of fused-ring (bicyclic) bond motifs is 1. The maximum absolute atomic E-state index is 13.1. The predicted octanol–water partition coefficient (Wildman–Crippen LogP) is 2.60. The van der Waals surface area contributed by atoms with Crippen LogP contribution in [-0.2, 0) is 0 Å². The van der Waals surface area contributed by atoms with Gasteiger partial charge in [0, 0.05) is 6.20 Å². The summed E-state index contributed by atoms with van der Waals surface area (Å²) in [7, 11) is 0. The Labute approximate surface area is 119 Å². The Balaban J connectivity index is 1.96. The van der Waals surface area contributed by atoms with Crippen LogP contribution in [0.2, 0.25) is 0 Å². The second kappa shape index (κ2) is 5.06. The van der Waals surface area contributed by atoms with Crippen molar-refractivity contribution in [3.8, 4) is 6.07 Å². The second-order valence-corrected chi connectivity index (χ2v) is 4.34. The number of pyridine rings is 1.